The van der Waals surface area contributed by atoms with E-state index in [0.717, 1.165) is 10.2 Å². The van der Waals surface area contributed by atoms with E-state index in [9.17, 15) is 13.2 Å². The topological polar surface area (TPSA) is 119 Å². The number of amides is 1. The predicted octanol–water partition coefficient (Wildman–Crippen LogP) is 2.84. The molecule has 0 aliphatic heterocycles. The van der Waals surface area contributed by atoms with Crippen LogP contribution in [0.5, 0.6) is 0 Å². The lowest BCUT2D eigenvalue weighted by molar-refractivity contribution is -0.116. The second kappa shape index (κ2) is 8.25. The van der Waals surface area contributed by atoms with Gasteiger partial charge in [0.15, 0.2) is 11.0 Å². The Hall–Kier alpha value is -2.50. The summed E-state index contributed by atoms with van der Waals surface area (Å²) in [7, 11) is -3.85. The number of carbonyl (C=O) groups excluding carboxylic acids is 1. The van der Waals surface area contributed by atoms with Crippen molar-refractivity contribution in [3.63, 3.8) is 0 Å². The number of hydrogen-bond donors (Lipinski definition) is 2. The monoisotopic (exact) mass is 484 g/mol. The van der Waals surface area contributed by atoms with E-state index in [4.69, 9.17) is 11.6 Å². The molecule has 12 heteroatoms. The molecule has 0 aliphatic rings. The molecule has 28 heavy (non-hydrogen) atoms. The van der Waals surface area contributed by atoms with Gasteiger partial charge in [-0.05, 0) is 59.3 Å². The number of aryl methyl sites for hydroxylation is 1. The van der Waals surface area contributed by atoms with Crippen molar-refractivity contribution < 1.29 is 13.2 Å². The molecule has 0 saturated carbocycles. The van der Waals surface area contributed by atoms with Gasteiger partial charge in [0.1, 0.15) is 6.54 Å². The molecular formula is C16H14BrClN6O3S. The third-order valence-corrected chi connectivity index (χ3v) is 5.86. The molecule has 0 saturated heterocycles. The summed E-state index contributed by atoms with van der Waals surface area (Å²) in [4.78, 5) is 12.1. The zero-order valence-corrected chi connectivity index (χ0v) is 17.6. The first kappa shape index (κ1) is 20.2. The number of rotatable bonds is 6. The molecule has 3 rings (SSSR count). The number of anilines is 2. The van der Waals surface area contributed by atoms with Gasteiger partial charge in [-0.2, -0.15) is 5.10 Å². The SMILES string of the molecule is Cc1nn(CC(=O)Nc2ccc(S(=O)(=O)Nc3ccc(Cl)nn3)cc2)cc1Br. The van der Waals surface area contributed by atoms with E-state index in [2.05, 4.69) is 41.3 Å². The fourth-order valence-corrected chi connectivity index (χ4v) is 3.62. The fourth-order valence-electron chi connectivity index (χ4n) is 2.21. The summed E-state index contributed by atoms with van der Waals surface area (Å²) in [6.45, 7) is 1.85. The highest BCUT2D eigenvalue weighted by Gasteiger charge is 2.15. The van der Waals surface area contributed by atoms with Crippen molar-refractivity contribution in [3.05, 3.63) is 57.9 Å². The molecule has 146 valence electrons. The summed E-state index contributed by atoms with van der Waals surface area (Å²) < 4.78 is 29.4. The Kier molecular flexibility index (Phi) is 5.96. The van der Waals surface area contributed by atoms with Gasteiger partial charge in [-0.15, -0.1) is 10.2 Å². The van der Waals surface area contributed by atoms with E-state index in [0.29, 0.717) is 5.69 Å². The van der Waals surface area contributed by atoms with Crippen LogP contribution in [0.25, 0.3) is 0 Å². The zero-order valence-electron chi connectivity index (χ0n) is 14.4. The maximum atomic E-state index is 12.4. The van der Waals surface area contributed by atoms with E-state index in [1.807, 2.05) is 6.92 Å². The van der Waals surface area contributed by atoms with Gasteiger partial charge in [0, 0.05) is 11.9 Å². The molecule has 0 atom stereocenters. The van der Waals surface area contributed by atoms with Crippen molar-refractivity contribution in [2.75, 3.05) is 10.0 Å². The van der Waals surface area contributed by atoms with Crippen LogP contribution in [0.4, 0.5) is 11.5 Å². The van der Waals surface area contributed by atoms with Crippen LogP contribution in [0.15, 0.2) is 52.0 Å². The van der Waals surface area contributed by atoms with Crippen molar-refractivity contribution in [3.8, 4) is 0 Å². The van der Waals surface area contributed by atoms with Crippen molar-refractivity contribution in [1.29, 1.82) is 0 Å². The largest absolute Gasteiger partial charge is 0.324 e. The number of sulfonamides is 1. The first-order chi connectivity index (χ1) is 13.2. The van der Waals surface area contributed by atoms with Crippen LogP contribution < -0.4 is 10.0 Å². The van der Waals surface area contributed by atoms with Gasteiger partial charge in [0.25, 0.3) is 10.0 Å². The highest BCUT2D eigenvalue weighted by atomic mass is 79.9. The van der Waals surface area contributed by atoms with Gasteiger partial charge in [-0.25, -0.2) is 8.42 Å². The number of benzene rings is 1. The van der Waals surface area contributed by atoms with E-state index in [-0.39, 0.29) is 28.3 Å². The molecule has 0 radical (unpaired) electrons. The molecule has 1 aromatic carbocycles. The van der Waals surface area contributed by atoms with Gasteiger partial charge in [0.05, 0.1) is 15.1 Å². The molecule has 2 N–H and O–H groups in total. The van der Waals surface area contributed by atoms with Crippen LogP contribution in [-0.4, -0.2) is 34.3 Å². The quantitative estimate of drug-likeness (QED) is 0.554. The Labute approximate surface area is 174 Å². The number of nitrogens with zero attached hydrogens (tertiary/aromatic N) is 4. The lowest BCUT2D eigenvalue weighted by atomic mass is 10.3. The van der Waals surface area contributed by atoms with Crippen LogP contribution in [0.2, 0.25) is 5.15 Å². The maximum Gasteiger partial charge on any atom is 0.263 e. The summed E-state index contributed by atoms with van der Waals surface area (Å²) in [5, 5.41) is 14.3. The molecule has 9 nitrogen and oxygen atoms in total. The van der Waals surface area contributed by atoms with Crippen LogP contribution in [0.1, 0.15) is 5.69 Å². The fraction of sp³-hybridized carbons (Fsp3) is 0.125. The van der Waals surface area contributed by atoms with Gasteiger partial charge in [-0.1, -0.05) is 11.6 Å². The van der Waals surface area contributed by atoms with Gasteiger partial charge in [0.2, 0.25) is 5.91 Å². The van der Waals surface area contributed by atoms with Gasteiger partial charge >= 0.3 is 0 Å². The van der Waals surface area contributed by atoms with E-state index >= 15 is 0 Å². The summed E-state index contributed by atoms with van der Waals surface area (Å²) in [6, 6.07) is 8.54. The summed E-state index contributed by atoms with van der Waals surface area (Å²) in [5.41, 5.74) is 1.23. The molecule has 0 fully saturated rings. The number of hydrogen-bond acceptors (Lipinski definition) is 6. The maximum absolute atomic E-state index is 12.4. The Morgan fingerprint density at radius 1 is 1.18 bits per heavy atom. The summed E-state index contributed by atoms with van der Waals surface area (Å²) in [5.74, 6) is -0.248. The lowest BCUT2D eigenvalue weighted by Crippen LogP contribution is -2.19. The first-order valence-electron chi connectivity index (χ1n) is 7.84. The normalized spacial score (nSPS) is 11.2. The summed E-state index contributed by atoms with van der Waals surface area (Å²) >= 11 is 8.96. The van der Waals surface area contributed by atoms with Gasteiger partial charge < -0.3 is 5.32 Å². The Morgan fingerprint density at radius 3 is 2.46 bits per heavy atom. The van der Waals surface area contributed by atoms with Crippen LogP contribution in [0.3, 0.4) is 0 Å². The minimum Gasteiger partial charge on any atom is -0.324 e. The third-order valence-electron chi connectivity index (χ3n) is 3.51. The molecule has 2 aromatic heterocycles. The van der Waals surface area contributed by atoms with E-state index in [1.165, 1.54) is 41.1 Å². The average molecular weight is 486 g/mol. The van der Waals surface area contributed by atoms with Gasteiger partial charge in [-0.3, -0.25) is 14.2 Å². The van der Waals surface area contributed by atoms with Crippen LogP contribution in [0, 0.1) is 6.92 Å². The predicted molar refractivity (Wildman–Crippen MR) is 108 cm³/mol. The second-order valence-corrected chi connectivity index (χ2v) is 8.60. The third kappa shape index (κ3) is 5.06. The second-order valence-electron chi connectivity index (χ2n) is 5.68. The van der Waals surface area contributed by atoms with E-state index in [1.54, 1.807) is 6.20 Å². The molecular weight excluding hydrogens is 472 g/mol. The Bertz CT molecular complexity index is 1080. The van der Waals surface area contributed by atoms with Crippen molar-refractivity contribution in [2.45, 2.75) is 18.4 Å². The standard InChI is InChI=1S/C16H14BrClN6O3S/c1-10-13(17)8-24(22-10)9-16(25)19-11-2-4-12(5-3-11)28(26,27)23-15-7-6-14(18)20-21-15/h2-8H,9H2,1H3,(H,19,25)(H,21,23). The minimum atomic E-state index is -3.85. The van der Waals surface area contributed by atoms with Crippen molar-refractivity contribution in [1.82, 2.24) is 20.0 Å². The highest BCUT2D eigenvalue weighted by molar-refractivity contribution is 9.10. The first-order valence-corrected chi connectivity index (χ1v) is 10.5. The van der Waals surface area contributed by atoms with E-state index < -0.39 is 10.0 Å². The Morgan fingerprint density at radius 2 is 1.89 bits per heavy atom. The van der Waals surface area contributed by atoms with Crippen LogP contribution >= 0.6 is 27.5 Å². The number of halogens is 2. The number of carbonyl (C=O) groups is 1. The lowest BCUT2D eigenvalue weighted by Gasteiger charge is -2.09. The zero-order chi connectivity index (χ0) is 20.3. The average Bonchev–Trinajstić information content (AvgIpc) is 2.94. The van der Waals surface area contributed by atoms with Crippen LogP contribution in [-0.2, 0) is 21.4 Å². The molecule has 0 aliphatic carbocycles. The number of aromatic nitrogens is 4. The minimum absolute atomic E-state index is 0.00822. The molecule has 1 amide bonds. The Balaban J connectivity index is 1.65. The molecule has 2 heterocycles. The molecule has 0 bridgehead atoms. The molecule has 3 aromatic rings. The summed E-state index contributed by atoms with van der Waals surface area (Å²) in [6.07, 6.45) is 1.70. The smallest absolute Gasteiger partial charge is 0.263 e. The highest BCUT2D eigenvalue weighted by Crippen LogP contribution is 2.18. The molecule has 0 spiro atoms. The van der Waals surface area contributed by atoms with Crippen molar-refractivity contribution >= 4 is 55.0 Å². The molecule has 0 unspecified atom stereocenters. The number of nitrogens with one attached hydrogen (secondary N) is 2. The van der Waals surface area contributed by atoms with Crippen molar-refractivity contribution in [2.24, 2.45) is 0 Å².